The largest absolute Gasteiger partial charge is 0.378 e. The summed E-state index contributed by atoms with van der Waals surface area (Å²) >= 11 is 2.27. The minimum absolute atomic E-state index is 0.501. The van der Waals surface area contributed by atoms with E-state index in [0.717, 1.165) is 33.9 Å². The number of nitrogens with one attached hydrogen (secondary N) is 1. The third-order valence-corrected chi connectivity index (χ3v) is 3.93. The van der Waals surface area contributed by atoms with Gasteiger partial charge in [0.15, 0.2) is 0 Å². The molecular weight excluding hydrogens is 365 g/mol. The Hall–Kier alpha value is -1.21. The highest BCUT2D eigenvalue weighted by Gasteiger charge is 2.12. The van der Waals surface area contributed by atoms with Gasteiger partial charge in [0.05, 0.1) is 15.9 Å². The van der Waals surface area contributed by atoms with Gasteiger partial charge in [0.25, 0.3) is 0 Å². The summed E-state index contributed by atoms with van der Waals surface area (Å²) in [7, 11) is 1.68. The van der Waals surface area contributed by atoms with Gasteiger partial charge in [-0.25, -0.2) is 9.97 Å². The van der Waals surface area contributed by atoms with Crippen LogP contribution < -0.4 is 5.32 Å². The van der Waals surface area contributed by atoms with Gasteiger partial charge in [0.1, 0.15) is 11.6 Å². The SMILES string of the molecule is CCNc1nc(Cc2ccccc2)nc(COC)c1I. The van der Waals surface area contributed by atoms with Crippen LogP contribution in [0.25, 0.3) is 0 Å². The normalized spacial score (nSPS) is 10.6. The molecule has 0 aliphatic rings. The van der Waals surface area contributed by atoms with Gasteiger partial charge < -0.3 is 10.1 Å². The lowest BCUT2D eigenvalue weighted by Gasteiger charge is -2.12. The Morgan fingerprint density at radius 1 is 1.20 bits per heavy atom. The molecule has 0 saturated carbocycles. The van der Waals surface area contributed by atoms with Crippen molar-refractivity contribution in [2.24, 2.45) is 0 Å². The molecule has 1 aromatic carbocycles. The van der Waals surface area contributed by atoms with Gasteiger partial charge in [-0.15, -0.1) is 0 Å². The first-order valence-electron chi connectivity index (χ1n) is 6.56. The van der Waals surface area contributed by atoms with E-state index < -0.39 is 0 Å². The molecule has 0 aliphatic carbocycles. The number of hydrogen-bond donors (Lipinski definition) is 1. The zero-order chi connectivity index (χ0) is 14.4. The highest BCUT2D eigenvalue weighted by atomic mass is 127. The Balaban J connectivity index is 2.32. The first kappa shape index (κ1) is 15.2. The topological polar surface area (TPSA) is 47.0 Å². The van der Waals surface area contributed by atoms with Crippen LogP contribution in [0.4, 0.5) is 5.82 Å². The van der Waals surface area contributed by atoms with E-state index in [1.165, 1.54) is 5.56 Å². The predicted molar refractivity (Wildman–Crippen MR) is 88.9 cm³/mol. The second-order valence-electron chi connectivity index (χ2n) is 4.37. The van der Waals surface area contributed by atoms with Crippen LogP contribution in [-0.4, -0.2) is 23.6 Å². The first-order chi connectivity index (χ1) is 9.74. The third kappa shape index (κ3) is 3.89. The summed E-state index contributed by atoms with van der Waals surface area (Å²) in [6.07, 6.45) is 0.729. The molecule has 2 rings (SSSR count). The van der Waals surface area contributed by atoms with Crippen molar-refractivity contribution < 1.29 is 4.74 Å². The summed E-state index contributed by atoms with van der Waals surface area (Å²) in [4.78, 5) is 9.23. The van der Waals surface area contributed by atoms with Gasteiger partial charge in [-0.2, -0.15) is 0 Å². The summed E-state index contributed by atoms with van der Waals surface area (Å²) in [5.41, 5.74) is 2.14. The van der Waals surface area contributed by atoms with Gasteiger partial charge in [-0.3, -0.25) is 0 Å². The molecule has 106 valence electrons. The number of halogens is 1. The number of aromatic nitrogens is 2. The van der Waals surface area contributed by atoms with Crippen molar-refractivity contribution >= 4 is 28.4 Å². The highest BCUT2D eigenvalue weighted by molar-refractivity contribution is 14.1. The van der Waals surface area contributed by atoms with Crippen LogP contribution in [-0.2, 0) is 17.8 Å². The van der Waals surface area contributed by atoms with E-state index >= 15 is 0 Å². The maximum absolute atomic E-state index is 5.22. The fourth-order valence-electron chi connectivity index (χ4n) is 1.92. The Kier molecular flexibility index (Phi) is 5.72. The Morgan fingerprint density at radius 2 is 1.95 bits per heavy atom. The molecule has 20 heavy (non-hydrogen) atoms. The second kappa shape index (κ2) is 7.54. The fourth-order valence-corrected chi connectivity index (χ4v) is 2.51. The van der Waals surface area contributed by atoms with Crippen molar-refractivity contribution in [3.63, 3.8) is 0 Å². The zero-order valence-electron chi connectivity index (χ0n) is 11.7. The molecule has 0 bridgehead atoms. The van der Waals surface area contributed by atoms with E-state index in [-0.39, 0.29) is 0 Å². The molecule has 0 aliphatic heterocycles. The molecular formula is C15H18IN3O. The average molecular weight is 383 g/mol. The molecule has 4 nitrogen and oxygen atoms in total. The number of nitrogens with zero attached hydrogens (tertiary/aromatic N) is 2. The van der Waals surface area contributed by atoms with Crippen LogP contribution in [0.15, 0.2) is 30.3 Å². The van der Waals surface area contributed by atoms with Crippen molar-refractivity contribution in [3.8, 4) is 0 Å². The lowest BCUT2D eigenvalue weighted by Crippen LogP contribution is -2.10. The Bertz CT molecular complexity index is 533. The molecule has 1 heterocycles. The summed E-state index contributed by atoms with van der Waals surface area (Å²) in [6, 6.07) is 10.2. The van der Waals surface area contributed by atoms with Crippen molar-refractivity contribution in [1.82, 2.24) is 9.97 Å². The number of rotatable bonds is 6. The van der Waals surface area contributed by atoms with Crippen LogP contribution >= 0.6 is 22.6 Å². The second-order valence-corrected chi connectivity index (χ2v) is 5.45. The molecule has 0 fully saturated rings. The molecule has 0 amide bonds. The first-order valence-corrected chi connectivity index (χ1v) is 7.64. The van der Waals surface area contributed by atoms with Crippen molar-refractivity contribution in [2.75, 3.05) is 19.0 Å². The number of hydrogen-bond acceptors (Lipinski definition) is 4. The smallest absolute Gasteiger partial charge is 0.143 e. The molecule has 1 aromatic heterocycles. The van der Waals surface area contributed by atoms with E-state index in [1.54, 1.807) is 7.11 Å². The van der Waals surface area contributed by atoms with Gasteiger partial charge in [0.2, 0.25) is 0 Å². The van der Waals surface area contributed by atoms with Crippen LogP contribution in [0.3, 0.4) is 0 Å². The molecule has 0 unspecified atom stereocenters. The van der Waals surface area contributed by atoms with E-state index in [0.29, 0.717) is 6.61 Å². The molecule has 0 saturated heterocycles. The number of ether oxygens (including phenoxy) is 1. The lowest BCUT2D eigenvalue weighted by molar-refractivity contribution is 0.180. The molecule has 1 N–H and O–H groups in total. The number of methoxy groups -OCH3 is 1. The van der Waals surface area contributed by atoms with Crippen molar-refractivity contribution in [2.45, 2.75) is 20.0 Å². The van der Waals surface area contributed by atoms with Crippen molar-refractivity contribution in [1.29, 1.82) is 0 Å². The third-order valence-electron chi connectivity index (χ3n) is 2.80. The summed E-state index contributed by atoms with van der Waals surface area (Å²) in [6.45, 7) is 3.40. The summed E-state index contributed by atoms with van der Waals surface area (Å²) in [5.74, 6) is 1.71. The fraction of sp³-hybridized carbons (Fsp3) is 0.333. The highest BCUT2D eigenvalue weighted by Crippen LogP contribution is 2.21. The predicted octanol–water partition coefficient (Wildman–Crippen LogP) is 3.25. The minimum Gasteiger partial charge on any atom is -0.378 e. The molecule has 0 atom stereocenters. The average Bonchev–Trinajstić information content (AvgIpc) is 2.45. The zero-order valence-corrected chi connectivity index (χ0v) is 13.8. The quantitative estimate of drug-likeness (QED) is 0.779. The van der Waals surface area contributed by atoms with Gasteiger partial charge in [0, 0.05) is 20.1 Å². The lowest BCUT2D eigenvalue weighted by atomic mass is 10.1. The minimum atomic E-state index is 0.501. The van der Waals surface area contributed by atoms with E-state index in [1.807, 2.05) is 18.2 Å². The van der Waals surface area contributed by atoms with Gasteiger partial charge in [-0.05, 0) is 35.1 Å². The molecule has 2 aromatic rings. The molecule has 5 heteroatoms. The summed E-state index contributed by atoms with van der Waals surface area (Å²) in [5, 5.41) is 3.29. The molecule has 0 radical (unpaired) electrons. The monoisotopic (exact) mass is 383 g/mol. The number of benzene rings is 1. The summed E-state index contributed by atoms with van der Waals surface area (Å²) < 4.78 is 6.25. The van der Waals surface area contributed by atoms with Crippen LogP contribution in [0.5, 0.6) is 0 Å². The van der Waals surface area contributed by atoms with Crippen molar-refractivity contribution in [3.05, 3.63) is 51.0 Å². The van der Waals surface area contributed by atoms with E-state index in [4.69, 9.17) is 4.74 Å². The molecule has 0 spiro atoms. The Morgan fingerprint density at radius 3 is 2.60 bits per heavy atom. The van der Waals surface area contributed by atoms with E-state index in [2.05, 4.69) is 56.9 Å². The van der Waals surface area contributed by atoms with E-state index in [9.17, 15) is 0 Å². The van der Waals surface area contributed by atoms with Crippen LogP contribution in [0.2, 0.25) is 0 Å². The van der Waals surface area contributed by atoms with Crippen LogP contribution in [0, 0.1) is 3.57 Å². The standard InChI is InChI=1S/C15H18IN3O/c1-3-17-15-14(16)12(10-20-2)18-13(19-15)9-11-7-5-4-6-8-11/h4-8H,3,9-10H2,1-2H3,(H,17,18,19). The Labute approximate surface area is 133 Å². The van der Waals surface area contributed by atoms with Gasteiger partial charge >= 0.3 is 0 Å². The number of anilines is 1. The van der Waals surface area contributed by atoms with Crippen LogP contribution in [0.1, 0.15) is 24.0 Å². The maximum atomic E-state index is 5.22. The van der Waals surface area contributed by atoms with Gasteiger partial charge in [-0.1, -0.05) is 30.3 Å². The maximum Gasteiger partial charge on any atom is 0.143 e.